The number of hydrogen-bond acceptors (Lipinski definition) is 3. The number of ether oxygens (including phenoxy) is 1. The molecule has 0 aliphatic heterocycles. The van der Waals surface area contributed by atoms with E-state index in [9.17, 15) is 9.59 Å². The SMILES string of the molecule is O=C(C[Se]C(=O)c1ccccc1)Oc1ccccc1. The summed E-state index contributed by atoms with van der Waals surface area (Å²) in [7, 11) is 0. The van der Waals surface area contributed by atoms with E-state index in [1.807, 2.05) is 24.3 Å². The zero-order chi connectivity index (χ0) is 13.5. The summed E-state index contributed by atoms with van der Waals surface area (Å²) in [6, 6.07) is 17.9. The Balaban J connectivity index is 1.83. The van der Waals surface area contributed by atoms with Crippen molar-refractivity contribution < 1.29 is 14.3 Å². The van der Waals surface area contributed by atoms with E-state index in [1.165, 1.54) is 0 Å². The van der Waals surface area contributed by atoms with E-state index < -0.39 is 15.0 Å². The van der Waals surface area contributed by atoms with Crippen LogP contribution in [0.3, 0.4) is 0 Å². The van der Waals surface area contributed by atoms with Crippen LogP contribution >= 0.6 is 0 Å². The molecule has 0 saturated carbocycles. The van der Waals surface area contributed by atoms with Crippen molar-refractivity contribution in [2.24, 2.45) is 0 Å². The molecule has 0 bridgehead atoms. The summed E-state index contributed by atoms with van der Waals surface area (Å²) in [5, 5.41) is 0.148. The Morgan fingerprint density at radius 2 is 1.47 bits per heavy atom. The molecule has 0 atom stereocenters. The Morgan fingerprint density at radius 3 is 2.11 bits per heavy atom. The van der Waals surface area contributed by atoms with Crippen molar-refractivity contribution in [2.75, 3.05) is 0 Å². The summed E-state index contributed by atoms with van der Waals surface area (Å²) < 4.78 is 5.14. The van der Waals surface area contributed by atoms with Gasteiger partial charge in [-0.1, -0.05) is 0 Å². The maximum absolute atomic E-state index is 11.8. The Hall–Kier alpha value is -1.90. The van der Waals surface area contributed by atoms with Gasteiger partial charge in [0.15, 0.2) is 0 Å². The monoisotopic (exact) mass is 320 g/mol. The van der Waals surface area contributed by atoms with Gasteiger partial charge >= 0.3 is 117 Å². The first-order valence-corrected chi connectivity index (χ1v) is 7.80. The summed E-state index contributed by atoms with van der Waals surface area (Å²) in [5.41, 5.74) is 0.648. The topological polar surface area (TPSA) is 43.4 Å². The van der Waals surface area contributed by atoms with Gasteiger partial charge in [0.1, 0.15) is 0 Å². The second kappa shape index (κ2) is 6.88. The molecule has 2 aromatic carbocycles. The fourth-order valence-electron chi connectivity index (χ4n) is 1.43. The molecule has 0 spiro atoms. The average Bonchev–Trinajstić information content (AvgIpc) is 2.47. The predicted octanol–water partition coefficient (Wildman–Crippen LogP) is 2.55. The van der Waals surface area contributed by atoms with Crippen LogP contribution in [-0.4, -0.2) is 25.6 Å². The fraction of sp³-hybridized carbons (Fsp3) is 0.0667. The molecule has 0 amide bonds. The van der Waals surface area contributed by atoms with Gasteiger partial charge in [-0.3, -0.25) is 0 Å². The molecule has 0 unspecified atom stereocenters. The number of rotatable bonds is 5. The molecule has 0 saturated heterocycles. The van der Waals surface area contributed by atoms with Gasteiger partial charge in [0.2, 0.25) is 0 Å². The summed E-state index contributed by atoms with van der Waals surface area (Å²) in [6.07, 6.45) is 0. The third kappa shape index (κ3) is 4.36. The number of carbonyl (C=O) groups excluding carboxylic acids is 2. The van der Waals surface area contributed by atoms with E-state index in [0.29, 0.717) is 11.3 Å². The summed E-state index contributed by atoms with van der Waals surface area (Å²) >= 11 is -0.423. The van der Waals surface area contributed by atoms with E-state index in [-0.39, 0.29) is 16.0 Å². The van der Waals surface area contributed by atoms with Crippen molar-refractivity contribution in [3.8, 4) is 5.75 Å². The second-order valence-corrected chi connectivity index (χ2v) is 5.72. The van der Waals surface area contributed by atoms with Gasteiger partial charge in [0.05, 0.1) is 0 Å². The van der Waals surface area contributed by atoms with Crippen LogP contribution in [0.1, 0.15) is 10.4 Å². The second-order valence-electron chi connectivity index (χ2n) is 3.73. The molecular weight excluding hydrogens is 307 g/mol. The van der Waals surface area contributed by atoms with Crippen LogP contribution in [0.5, 0.6) is 5.75 Å². The summed E-state index contributed by atoms with van der Waals surface area (Å²) in [5.74, 6) is 0.144. The van der Waals surface area contributed by atoms with Gasteiger partial charge in [-0.15, -0.1) is 0 Å². The molecule has 3 nitrogen and oxygen atoms in total. The third-order valence-corrected chi connectivity index (χ3v) is 4.15. The molecule has 0 aliphatic rings. The standard InChI is InChI=1S/C15H12O3Se/c16-14(18-13-9-5-2-6-10-13)11-19-15(17)12-7-3-1-4-8-12/h1-10H,11H2. The molecule has 0 heterocycles. The van der Waals surface area contributed by atoms with Crippen molar-refractivity contribution in [1.29, 1.82) is 0 Å². The number of carbonyl (C=O) groups is 2. The third-order valence-electron chi connectivity index (χ3n) is 2.31. The first-order chi connectivity index (χ1) is 9.25. The van der Waals surface area contributed by atoms with Crippen molar-refractivity contribution >= 4 is 25.6 Å². The molecule has 19 heavy (non-hydrogen) atoms. The van der Waals surface area contributed by atoms with E-state index in [2.05, 4.69) is 0 Å². The predicted molar refractivity (Wildman–Crippen MR) is 73.4 cm³/mol. The van der Waals surface area contributed by atoms with Crippen LogP contribution in [0.2, 0.25) is 5.32 Å². The Bertz CT molecular complexity index is 552. The van der Waals surface area contributed by atoms with E-state index in [1.54, 1.807) is 36.4 Å². The molecule has 0 radical (unpaired) electrons. The zero-order valence-corrected chi connectivity index (χ0v) is 11.8. The summed E-state index contributed by atoms with van der Waals surface area (Å²) in [4.78, 5) is 23.4. The van der Waals surface area contributed by atoms with Crippen LogP contribution in [-0.2, 0) is 4.79 Å². The Morgan fingerprint density at radius 1 is 0.895 bits per heavy atom. The molecule has 0 fully saturated rings. The number of hydrogen-bond donors (Lipinski definition) is 0. The fourth-order valence-corrected chi connectivity index (χ4v) is 2.71. The number of benzene rings is 2. The van der Waals surface area contributed by atoms with Gasteiger partial charge < -0.3 is 0 Å². The van der Waals surface area contributed by atoms with Crippen molar-refractivity contribution in [3.63, 3.8) is 0 Å². The first-order valence-electron chi connectivity index (χ1n) is 5.73. The zero-order valence-electron chi connectivity index (χ0n) is 10.1. The normalized spacial score (nSPS) is 9.89. The molecule has 2 aromatic rings. The number of esters is 1. The van der Waals surface area contributed by atoms with Crippen molar-refractivity contribution in [2.45, 2.75) is 5.32 Å². The van der Waals surface area contributed by atoms with Gasteiger partial charge in [0.25, 0.3) is 0 Å². The van der Waals surface area contributed by atoms with Crippen LogP contribution in [0.4, 0.5) is 0 Å². The quantitative estimate of drug-likeness (QED) is 0.483. The van der Waals surface area contributed by atoms with Crippen molar-refractivity contribution in [3.05, 3.63) is 66.2 Å². The molecular formula is C15H12O3Se. The van der Waals surface area contributed by atoms with Crippen LogP contribution in [0.25, 0.3) is 0 Å². The van der Waals surface area contributed by atoms with Gasteiger partial charge in [-0.05, 0) is 0 Å². The van der Waals surface area contributed by atoms with Crippen LogP contribution < -0.4 is 4.74 Å². The minimum absolute atomic E-state index is 0.0121. The van der Waals surface area contributed by atoms with Crippen LogP contribution in [0.15, 0.2) is 60.7 Å². The minimum atomic E-state index is -0.423. The summed E-state index contributed by atoms with van der Waals surface area (Å²) in [6.45, 7) is 0. The Kier molecular flexibility index (Phi) is 4.90. The molecule has 0 aromatic heterocycles. The molecule has 2 rings (SSSR count). The van der Waals surface area contributed by atoms with Gasteiger partial charge in [-0.25, -0.2) is 0 Å². The molecule has 0 aliphatic carbocycles. The van der Waals surface area contributed by atoms with E-state index in [4.69, 9.17) is 4.74 Å². The van der Waals surface area contributed by atoms with Crippen molar-refractivity contribution in [1.82, 2.24) is 0 Å². The molecule has 0 N–H and O–H groups in total. The van der Waals surface area contributed by atoms with Crippen LogP contribution in [0, 0.1) is 0 Å². The Labute approximate surface area is 117 Å². The van der Waals surface area contributed by atoms with Gasteiger partial charge in [0, 0.05) is 0 Å². The first kappa shape index (κ1) is 13.5. The van der Waals surface area contributed by atoms with Gasteiger partial charge in [-0.2, -0.15) is 0 Å². The molecule has 4 heteroatoms. The van der Waals surface area contributed by atoms with E-state index in [0.717, 1.165) is 0 Å². The molecule has 96 valence electrons. The average molecular weight is 319 g/mol. The maximum atomic E-state index is 11.8. The number of para-hydroxylation sites is 1. The van der Waals surface area contributed by atoms with E-state index >= 15 is 0 Å².